The molecule has 0 bridgehead atoms. The largest absolute Gasteiger partial charge is 0.381 e. The summed E-state index contributed by atoms with van der Waals surface area (Å²) in [4.78, 5) is 13.8. The molecule has 1 aliphatic carbocycles. The van der Waals surface area contributed by atoms with Gasteiger partial charge in [0.2, 0.25) is 0 Å². The number of likely N-dealkylation sites (tertiary alicyclic amines) is 1. The first-order valence-corrected chi connectivity index (χ1v) is 12.3. The quantitative estimate of drug-likeness (QED) is 0.548. The summed E-state index contributed by atoms with van der Waals surface area (Å²) in [5, 5.41) is 13.4. The third-order valence-corrected chi connectivity index (χ3v) is 7.47. The van der Waals surface area contributed by atoms with E-state index in [1.165, 1.54) is 6.07 Å². The van der Waals surface area contributed by atoms with Crippen molar-refractivity contribution in [3.63, 3.8) is 0 Å². The van der Waals surface area contributed by atoms with Crippen molar-refractivity contribution in [1.82, 2.24) is 15.1 Å². The molecule has 1 unspecified atom stereocenters. The standard InChI is InChI=1S/C25H29F4N5O2/c26-20-10-18(31-25(35)24(28)29)9-19(23(20)27)21-1-2-22(33-32-21)30-17-7-15-12-34(13-16(15)8-17)11-14-3-5-36-6-4-14/h1-2,9-10,14-17,24H,3-8,11-13H2,(H,30,33)(H,31,35)/t15-,16+,17?. The van der Waals surface area contributed by atoms with Crippen molar-refractivity contribution in [3.05, 3.63) is 35.9 Å². The van der Waals surface area contributed by atoms with Crippen LogP contribution in [0.4, 0.5) is 29.1 Å². The van der Waals surface area contributed by atoms with Crippen LogP contribution in [0.15, 0.2) is 24.3 Å². The number of fused-ring (bicyclic) bond motifs is 1. The lowest BCUT2D eigenvalue weighted by atomic mass is 10.00. The van der Waals surface area contributed by atoms with E-state index in [1.807, 2.05) is 5.32 Å². The van der Waals surface area contributed by atoms with Gasteiger partial charge in [-0.3, -0.25) is 4.79 Å². The molecular formula is C25H29F4N5O2. The number of rotatable bonds is 7. The van der Waals surface area contributed by atoms with Crippen LogP contribution < -0.4 is 10.6 Å². The number of carbonyl (C=O) groups excluding carboxylic acids is 1. The van der Waals surface area contributed by atoms with Crippen LogP contribution in [-0.4, -0.2) is 66.3 Å². The third kappa shape index (κ3) is 5.62. The summed E-state index contributed by atoms with van der Waals surface area (Å²) < 4.78 is 58.9. The maximum atomic E-state index is 14.4. The van der Waals surface area contributed by atoms with E-state index >= 15 is 0 Å². The lowest BCUT2D eigenvalue weighted by Gasteiger charge is -2.27. The second kappa shape index (κ2) is 10.7. The lowest BCUT2D eigenvalue weighted by molar-refractivity contribution is -0.126. The monoisotopic (exact) mass is 507 g/mol. The smallest absolute Gasteiger partial charge is 0.315 e. The SMILES string of the molecule is O=C(Nc1cc(F)c(F)c(-c2ccc(NC3C[C@@H]4CN(CC5CCOCC5)C[C@@H]4C3)nn2)c1)C(F)F. The van der Waals surface area contributed by atoms with Crippen molar-refractivity contribution in [1.29, 1.82) is 0 Å². The van der Waals surface area contributed by atoms with Crippen LogP contribution in [0.5, 0.6) is 0 Å². The van der Waals surface area contributed by atoms with Crippen molar-refractivity contribution >= 4 is 17.4 Å². The Labute approximate surface area is 206 Å². The lowest BCUT2D eigenvalue weighted by Crippen LogP contribution is -2.32. The number of hydrogen-bond acceptors (Lipinski definition) is 6. The molecule has 2 N–H and O–H groups in total. The topological polar surface area (TPSA) is 79.4 Å². The molecule has 0 spiro atoms. The molecule has 2 saturated heterocycles. The molecule has 0 radical (unpaired) electrons. The van der Waals surface area contributed by atoms with Crippen LogP contribution in [0.2, 0.25) is 0 Å². The molecule has 194 valence electrons. The summed E-state index contributed by atoms with van der Waals surface area (Å²) in [7, 11) is 0. The van der Waals surface area contributed by atoms with Crippen molar-refractivity contribution in [3.8, 4) is 11.3 Å². The minimum atomic E-state index is -3.28. The molecule has 36 heavy (non-hydrogen) atoms. The molecule has 11 heteroatoms. The molecule has 5 rings (SSSR count). The molecule has 1 saturated carbocycles. The summed E-state index contributed by atoms with van der Waals surface area (Å²) >= 11 is 0. The number of nitrogens with zero attached hydrogens (tertiary/aromatic N) is 3. The fourth-order valence-corrected chi connectivity index (χ4v) is 5.76. The van der Waals surface area contributed by atoms with Gasteiger partial charge in [0.05, 0.1) is 5.69 Å². The first kappa shape index (κ1) is 24.9. The van der Waals surface area contributed by atoms with Gasteiger partial charge in [-0.2, -0.15) is 8.78 Å². The normalized spacial score (nSPS) is 24.8. The molecule has 1 amide bonds. The number of alkyl halides is 2. The predicted molar refractivity (Wildman–Crippen MR) is 126 cm³/mol. The molecule has 2 aliphatic heterocycles. The van der Waals surface area contributed by atoms with E-state index in [0.29, 0.717) is 23.7 Å². The number of aromatic nitrogens is 2. The summed E-state index contributed by atoms with van der Waals surface area (Å²) in [6.45, 7) is 5.15. The van der Waals surface area contributed by atoms with Crippen molar-refractivity contribution in [2.45, 2.75) is 38.2 Å². The van der Waals surface area contributed by atoms with Gasteiger partial charge in [0.25, 0.3) is 5.91 Å². The number of amides is 1. The highest BCUT2D eigenvalue weighted by Crippen LogP contribution is 2.39. The molecule has 3 fully saturated rings. The van der Waals surface area contributed by atoms with Gasteiger partial charge in [-0.15, -0.1) is 10.2 Å². The van der Waals surface area contributed by atoms with Gasteiger partial charge in [-0.1, -0.05) is 0 Å². The highest BCUT2D eigenvalue weighted by molar-refractivity contribution is 5.93. The minimum absolute atomic E-state index is 0.0251. The maximum absolute atomic E-state index is 14.4. The molecule has 7 nitrogen and oxygen atoms in total. The number of anilines is 2. The first-order chi connectivity index (χ1) is 17.4. The Morgan fingerprint density at radius 1 is 1.08 bits per heavy atom. The highest BCUT2D eigenvalue weighted by atomic mass is 19.3. The second-order valence-electron chi connectivity index (χ2n) is 10.0. The molecular weight excluding hydrogens is 478 g/mol. The van der Waals surface area contributed by atoms with Gasteiger partial charge in [-0.25, -0.2) is 8.78 Å². The average molecular weight is 508 g/mol. The second-order valence-corrected chi connectivity index (χ2v) is 10.0. The van der Waals surface area contributed by atoms with Crippen molar-refractivity contribution in [2.75, 3.05) is 43.5 Å². The summed E-state index contributed by atoms with van der Waals surface area (Å²) in [6.07, 6.45) is 1.11. The van der Waals surface area contributed by atoms with E-state index in [1.54, 1.807) is 6.07 Å². The zero-order valence-corrected chi connectivity index (χ0v) is 19.7. The van der Waals surface area contributed by atoms with E-state index < -0.39 is 24.0 Å². The third-order valence-electron chi connectivity index (χ3n) is 7.47. The van der Waals surface area contributed by atoms with E-state index in [2.05, 4.69) is 20.4 Å². The molecule has 2 aromatic rings. The Morgan fingerprint density at radius 2 is 1.81 bits per heavy atom. The van der Waals surface area contributed by atoms with Crippen LogP contribution in [0, 0.1) is 29.4 Å². The predicted octanol–water partition coefficient (Wildman–Crippen LogP) is 4.17. The fourth-order valence-electron chi connectivity index (χ4n) is 5.76. The van der Waals surface area contributed by atoms with Gasteiger partial charge < -0.3 is 20.3 Å². The van der Waals surface area contributed by atoms with Crippen LogP contribution >= 0.6 is 0 Å². The Bertz CT molecular complexity index is 1070. The van der Waals surface area contributed by atoms with E-state index in [-0.39, 0.29) is 23.0 Å². The number of carbonyl (C=O) groups is 1. The van der Waals surface area contributed by atoms with E-state index in [4.69, 9.17) is 4.74 Å². The molecule has 3 aliphatic rings. The number of ether oxygens (including phenoxy) is 1. The Kier molecular flexibility index (Phi) is 7.38. The molecule has 3 heterocycles. The van der Waals surface area contributed by atoms with E-state index in [9.17, 15) is 22.4 Å². The average Bonchev–Trinajstić information content (AvgIpc) is 3.40. The van der Waals surface area contributed by atoms with Crippen LogP contribution in [-0.2, 0) is 9.53 Å². The van der Waals surface area contributed by atoms with Crippen LogP contribution in [0.3, 0.4) is 0 Å². The van der Waals surface area contributed by atoms with Crippen molar-refractivity contribution < 1.29 is 27.1 Å². The summed E-state index contributed by atoms with van der Waals surface area (Å²) in [5.41, 5.74) is -0.544. The number of halogens is 4. The van der Waals surface area contributed by atoms with Gasteiger partial charge in [0, 0.05) is 56.2 Å². The van der Waals surface area contributed by atoms with Gasteiger partial charge in [0.15, 0.2) is 11.6 Å². The number of benzene rings is 1. The zero-order chi connectivity index (χ0) is 25.2. The number of nitrogens with one attached hydrogen (secondary N) is 2. The Balaban J connectivity index is 1.17. The van der Waals surface area contributed by atoms with Crippen LogP contribution in [0.25, 0.3) is 11.3 Å². The zero-order valence-electron chi connectivity index (χ0n) is 19.7. The highest BCUT2D eigenvalue weighted by Gasteiger charge is 2.41. The molecule has 1 aromatic carbocycles. The minimum Gasteiger partial charge on any atom is -0.381 e. The van der Waals surface area contributed by atoms with Gasteiger partial charge in [0.1, 0.15) is 5.82 Å². The molecule has 3 atom stereocenters. The maximum Gasteiger partial charge on any atom is 0.315 e. The summed E-state index contributed by atoms with van der Waals surface area (Å²) in [5.74, 6) is -1.52. The van der Waals surface area contributed by atoms with E-state index in [0.717, 1.165) is 70.5 Å². The van der Waals surface area contributed by atoms with Gasteiger partial charge >= 0.3 is 6.43 Å². The Hall–Kier alpha value is -2.79. The first-order valence-electron chi connectivity index (χ1n) is 12.3. The van der Waals surface area contributed by atoms with Crippen molar-refractivity contribution in [2.24, 2.45) is 17.8 Å². The van der Waals surface area contributed by atoms with Crippen LogP contribution in [0.1, 0.15) is 25.7 Å². The summed E-state index contributed by atoms with van der Waals surface area (Å²) in [6, 6.07) is 5.09. The fraction of sp³-hybridized carbons (Fsp3) is 0.560. The Morgan fingerprint density at radius 3 is 2.44 bits per heavy atom. The molecule has 1 aromatic heterocycles. The number of hydrogen-bond donors (Lipinski definition) is 2. The van der Waals surface area contributed by atoms with Gasteiger partial charge in [-0.05, 0) is 61.6 Å².